The van der Waals surface area contributed by atoms with Crippen LogP contribution in [0.25, 0.3) is 0 Å². The highest BCUT2D eigenvalue weighted by molar-refractivity contribution is 5.71. The SMILES string of the molecule is CC[C@@H](C)C(=O)OCC[N+](C)(C)C. The lowest BCUT2D eigenvalue weighted by Gasteiger charge is -2.23. The van der Waals surface area contributed by atoms with E-state index in [1.54, 1.807) is 0 Å². The fourth-order valence-corrected chi connectivity index (χ4v) is 0.729. The number of nitrogens with zero attached hydrogens (tertiary/aromatic N) is 1. The van der Waals surface area contributed by atoms with Crippen LogP contribution in [0.15, 0.2) is 0 Å². The zero-order chi connectivity index (χ0) is 10.5. The fraction of sp³-hybridized carbons (Fsp3) is 0.900. The molecule has 0 aromatic heterocycles. The first-order chi connectivity index (χ1) is 5.87. The van der Waals surface area contributed by atoms with Crippen molar-refractivity contribution in [1.82, 2.24) is 0 Å². The van der Waals surface area contributed by atoms with Crippen LogP contribution in [0.1, 0.15) is 20.3 Å². The van der Waals surface area contributed by atoms with Gasteiger partial charge in [-0.2, -0.15) is 0 Å². The molecule has 0 saturated carbocycles. The molecule has 0 radical (unpaired) electrons. The summed E-state index contributed by atoms with van der Waals surface area (Å²) in [7, 11) is 6.24. The van der Waals surface area contributed by atoms with Crippen LogP contribution >= 0.6 is 0 Å². The number of carbonyl (C=O) groups is 1. The smallest absolute Gasteiger partial charge is 0.308 e. The molecule has 0 aliphatic heterocycles. The average Bonchev–Trinajstić information content (AvgIpc) is 2.00. The maximum atomic E-state index is 11.2. The number of hydrogen-bond acceptors (Lipinski definition) is 2. The molecule has 0 heterocycles. The summed E-state index contributed by atoms with van der Waals surface area (Å²) in [5.74, 6) is -0.0385. The van der Waals surface area contributed by atoms with E-state index in [1.165, 1.54) is 0 Å². The number of carbonyl (C=O) groups excluding carboxylic acids is 1. The highest BCUT2D eigenvalue weighted by Gasteiger charge is 2.13. The largest absolute Gasteiger partial charge is 0.459 e. The van der Waals surface area contributed by atoms with Crippen molar-refractivity contribution in [3.8, 4) is 0 Å². The Morgan fingerprint density at radius 2 is 1.92 bits per heavy atom. The molecule has 0 aromatic carbocycles. The van der Waals surface area contributed by atoms with Gasteiger partial charge in [-0.15, -0.1) is 0 Å². The van der Waals surface area contributed by atoms with E-state index in [9.17, 15) is 4.79 Å². The van der Waals surface area contributed by atoms with Crippen LogP contribution < -0.4 is 0 Å². The van der Waals surface area contributed by atoms with Gasteiger partial charge in [-0.05, 0) is 6.42 Å². The second-order valence-corrected chi connectivity index (χ2v) is 4.49. The molecule has 1 atom stereocenters. The van der Waals surface area contributed by atoms with Crippen molar-refractivity contribution in [2.75, 3.05) is 34.3 Å². The normalized spacial score (nSPS) is 13.9. The number of likely N-dealkylation sites (N-methyl/N-ethyl adjacent to an activating group) is 1. The van der Waals surface area contributed by atoms with Gasteiger partial charge in [0.2, 0.25) is 0 Å². The molecule has 0 aliphatic rings. The van der Waals surface area contributed by atoms with Crippen LogP contribution in [-0.2, 0) is 9.53 Å². The molecule has 0 spiro atoms. The fourth-order valence-electron chi connectivity index (χ4n) is 0.729. The van der Waals surface area contributed by atoms with Gasteiger partial charge < -0.3 is 9.22 Å². The van der Waals surface area contributed by atoms with E-state index in [2.05, 4.69) is 21.1 Å². The van der Waals surface area contributed by atoms with Crippen LogP contribution in [0, 0.1) is 5.92 Å². The van der Waals surface area contributed by atoms with Crippen molar-refractivity contribution in [3.05, 3.63) is 0 Å². The van der Waals surface area contributed by atoms with Crippen LogP contribution in [0.3, 0.4) is 0 Å². The average molecular weight is 188 g/mol. The molecule has 78 valence electrons. The third-order valence-electron chi connectivity index (χ3n) is 2.02. The molecule has 3 heteroatoms. The van der Waals surface area contributed by atoms with Gasteiger partial charge in [0.25, 0.3) is 0 Å². The molecule has 0 unspecified atom stereocenters. The van der Waals surface area contributed by atoms with Crippen LogP contribution in [0.4, 0.5) is 0 Å². The summed E-state index contributed by atoms with van der Waals surface area (Å²) in [6.07, 6.45) is 0.850. The van der Waals surface area contributed by atoms with Crippen molar-refractivity contribution in [2.45, 2.75) is 20.3 Å². The topological polar surface area (TPSA) is 26.3 Å². The molecule has 0 amide bonds. The predicted octanol–water partition coefficient (Wildman–Crippen LogP) is 1.28. The van der Waals surface area contributed by atoms with E-state index >= 15 is 0 Å². The van der Waals surface area contributed by atoms with E-state index in [-0.39, 0.29) is 11.9 Å². The maximum absolute atomic E-state index is 11.2. The van der Waals surface area contributed by atoms with Gasteiger partial charge in [0.05, 0.1) is 27.1 Å². The van der Waals surface area contributed by atoms with Gasteiger partial charge in [0.1, 0.15) is 13.2 Å². The van der Waals surface area contributed by atoms with Crippen LogP contribution in [0.2, 0.25) is 0 Å². The van der Waals surface area contributed by atoms with E-state index < -0.39 is 0 Å². The first kappa shape index (κ1) is 12.4. The zero-order valence-corrected chi connectivity index (χ0v) is 9.46. The maximum Gasteiger partial charge on any atom is 0.308 e. The Balaban J connectivity index is 3.60. The van der Waals surface area contributed by atoms with Gasteiger partial charge in [0.15, 0.2) is 0 Å². The summed E-state index contributed by atoms with van der Waals surface area (Å²) >= 11 is 0. The molecule has 0 N–H and O–H groups in total. The minimum atomic E-state index is -0.0732. The Labute approximate surface area is 81.3 Å². The van der Waals surface area contributed by atoms with Gasteiger partial charge >= 0.3 is 5.97 Å². The molecule has 0 aromatic rings. The highest BCUT2D eigenvalue weighted by Crippen LogP contribution is 2.03. The van der Waals surface area contributed by atoms with Crippen molar-refractivity contribution >= 4 is 5.97 Å². The van der Waals surface area contributed by atoms with Gasteiger partial charge in [-0.25, -0.2) is 0 Å². The van der Waals surface area contributed by atoms with Crippen molar-refractivity contribution in [3.63, 3.8) is 0 Å². The number of rotatable bonds is 5. The summed E-state index contributed by atoms with van der Waals surface area (Å²) in [5.41, 5.74) is 0. The standard InChI is InChI=1S/C10H22NO2/c1-6-9(2)10(12)13-8-7-11(3,4)5/h9H,6-8H2,1-5H3/q+1/t9-/m1/s1. The number of ether oxygens (including phenoxy) is 1. The molecule has 0 saturated heterocycles. The second kappa shape index (κ2) is 5.22. The number of esters is 1. The van der Waals surface area contributed by atoms with E-state index in [1.807, 2.05) is 13.8 Å². The molecule has 0 fully saturated rings. The third-order valence-corrected chi connectivity index (χ3v) is 2.02. The number of quaternary nitrogens is 1. The van der Waals surface area contributed by atoms with E-state index in [0.717, 1.165) is 17.4 Å². The molecule has 13 heavy (non-hydrogen) atoms. The summed E-state index contributed by atoms with van der Waals surface area (Å²) in [6.45, 7) is 5.27. The summed E-state index contributed by atoms with van der Waals surface area (Å²) in [5, 5.41) is 0. The van der Waals surface area contributed by atoms with Crippen molar-refractivity contribution in [1.29, 1.82) is 0 Å². The second-order valence-electron chi connectivity index (χ2n) is 4.49. The first-order valence-corrected chi connectivity index (χ1v) is 4.84. The van der Waals surface area contributed by atoms with Crippen LogP contribution in [-0.4, -0.2) is 44.7 Å². The Kier molecular flexibility index (Phi) is 4.99. The first-order valence-electron chi connectivity index (χ1n) is 4.84. The predicted molar refractivity (Wildman–Crippen MR) is 53.3 cm³/mol. The summed E-state index contributed by atoms with van der Waals surface area (Å²) < 4.78 is 5.94. The molecule has 0 rings (SSSR count). The molecule has 0 aliphatic carbocycles. The lowest BCUT2D eigenvalue weighted by Crippen LogP contribution is -2.38. The van der Waals surface area contributed by atoms with Crippen molar-refractivity contribution in [2.24, 2.45) is 5.92 Å². The van der Waals surface area contributed by atoms with Crippen molar-refractivity contribution < 1.29 is 14.0 Å². The van der Waals surface area contributed by atoms with Gasteiger partial charge in [-0.1, -0.05) is 13.8 Å². The Hall–Kier alpha value is -0.570. The van der Waals surface area contributed by atoms with Crippen LogP contribution in [0.5, 0.6) is 0 Å². The molecule has 3 nitrogen and oxygen atoms in total. The van der Waals surface area contributed by atoms with E-state index in [4.69, 9.17) is 4.74 Å². The molecular formula is C10H22NO2+. The molecule has 0 bridgehead atoms. The van der Waals surface area contributed by atoms with E-state index in [0.29, 0.717) is 6.61 Å². The third kappa shape index (κ3) is 6.58. The minimum absolute atomic E-state index is 0.0347. The summed E-state index contributed by atoms with van der Waals surface area (Å²) in [6, 6.07) is 0. The zero-order valence-electron chi connectivity index (χ0n) is 9.46. The quantitative estimate of drug-likeness (QED) is 0.480. The Morgan fingerprint density at radius 1 is 1.38 bits per heavy atom. The Bertz CT molecular complexity index is 161. The van der Waals surface area contributed by atoms with Gasteiger partial charge in [0, 0.05) is 0 Å². The monoisotopic (exact) mass is 188 g/mol. The minimum Gasteiger partial charge on any atom is -0.459 e. The Morgan fingerprint density at radius 3 is 2.31 bits per heavy atom. The van der Waals surface area contributed by atoms with Gasteiger partial charge in [-0.3, -0.25) is 4.79 Å². The summed E-state index contributed by atoms with van der Waals surface area (Å²) in [4.78, 5) is 11.2. The lowest BCUT2D eigenvalue weighted by atomic mass is 10.1. The highest BCUT2D eigenvalue weighted by atomic mass is 16.5. The number of hydrogen-bond donors (Lipinski definition) is 0. The molecular weight excluding hydrogens is 166 g/mol. The lowest BCUT2D eigenvalue weighted by molar-refractivity contribution is -0.870.